The van der Waals surface area contributed by atoms with Crippen LogP contribution in [0.3, 0.4) is 0 Å². The number of rotatable bonds is 24. The Bertz CT molecular complexity index is 335. The van der Waals surface area contributed by atoms with Crippen LogP contribution in [0.5, 0.6) is 0 Å². The summed E-state index contributed by atoms with van der Waals surface area (Å²) < 4.78 is 42.3. The third-order valence-electron chi connectivity index (χ3n) is 3.28. The molecule has 1 N–H and O–H groups in total. The van der Waals surface area contributed by atoms with E-state index in [-0.39, 0.29) is 5.91 Å². The Morgan fingerprint density at radius 1 is 0.517 bits per heavy atom. The van der Waals surface area contributed by atoms with Gasteiger partial charge >= 0.3 is 0 Å². The number of ether oxygens (including phenoxy) is 8. The van der Waals surface area contributed by atoms with Gasteiger partial charge in [-0.25, -0.2) is 0 Å². The number of carbonyl (C=O) groups excluding carboxylic acids is 1. The van der Waals surface area contributed by atoms with Crippen LogP contribution in [-0.2, 0) is 42.7 Å². The molecule has 0 rings (SSSR count). The van der Waals surface area contributed by atoms with E-state index in [1.807, 2.05) is 0 Å². The van der Waals surface area contributed by atoms with Crippen LogP contribution in [0.4, 0.5) is 0 Å². The van der Waals surface area contributed by atoms with Gasteiger partial charge in [0.05, 0.1) is 99.1 Å². The number of methoxy groups -OCH3 is 1. The molecule has 0 atom stereocenters. The summed E-state index contributed by atoms with van der Waals surface area (Å²) >= 11 is 0. The highest BCUT2D eigenvalue weighted by atomic mass is 16.6. The topological polar surface area (TPSA) is 103 Å². The van der Waals surface area contributed by atoms with Crippen molar-refractivity contribution in [2.75, 3.05) is 113 Å². The summed E-state index contributed by atoms with van der Waals surface area (Å²) in [6.45, 7) is 9.95. The molecule has 0 aliphatic heterocycles. The SMILES string of the molecule is COCCOCCOCCOCCOCCOCCOCCOCCNC(C)=O. The highest BCUT2D eigenvalue weighted by Crippen LogP contribution is 1.85. The summed E-state index contributed by atoms with van der Waals surface area (Å²) in [5, 5.41) is 2.65. The van der Waals surface area contributed by atoms with Gasteiger partial charge in [-0.15, -0.1) is 0 Å². The average molecular weight is 426 g/mol. The molecule has 0 aromatic rings. The molecule has 10 heteroatoms. The van der Waals surface area contributed by atoms with Crippen LogP contribution in [0.25, 0.3) is 0 Å². The molecule has 0 saturated carbocycles. The van der Waals surface area contributed by atoms with Gasteiger partial charge in [0, 0.05) is 20.6 Å². The average Bonchev–Trinajstić information content (AvgIpc) is 2.71. The van der Waals surface area contributed by atoms with Crippen molar-refractivity contribution in [1.82, 2.24) is 5.32 Å². The molecule has 0 radical (unpaired) electrons. The molecule has 0 spiro atoms. The van der Waals surface area contributed by atoms with Crippen LogP contribution in [0, 0.1) is 0 Å². The maximum Gasteiger partial charge on any atom is 0.216 e. The van der Waals surface area contributed by atoms with Gasteiger partial charge < -0.3 is 43.2 Å². The maximum atomic E-state index is 10.6. The van der Waals surface area contributed by atoms with Gasteiger partial charge in [-0.05, 0) is 0 Å². The Kier molecular flexibility index (Phi) is 24.4. The van der Waals surface area contributed by atoms with E-state index in [1.54, 1.807) is 7.11 Å². The van der Waals surface area contributed by atoms with Crippen molar-refractivity contribution in [2.24, 2.45) is 0 Å². The molecule has 0 aromatic heterocycles. The second kappa shape index (κ2) is 25.2. The van der Waals surface area contributed by atoms with Crippen LogP contribution >= 0.6 is 0 Å². The van der Waals surface area contributed by atoms with Gasteiger partial charge in [-0.1, -0.05) is 0 Å². The van der Waals surface area contributed by atoms with Crippen LogP contribution in [0.15, 0.2) is 0 Å². The van der Waals surface area contributed by atoms with Gasteiger partial charge in [-0.2, -0.15) is 0 Å². The first-order valence-electron chi connectivity index (χ1n) is 10.0. The van der Waals surface area contributed by atoms with E-state index in [2.05, 4.69) is 5.32 Å². The normalized spacial score (nSPS) is 11.1. The highest BCUT2D eigenvalue weighted by molar-refractivity contribution is 5.72. The molecule has 0 fully saturated rings. The first kappa shape index (κ1) is 28.1. The lowest BCUT2D eigenvalue weighted by molar-refractivity contribution is -0.119. The molecule has 0 aliphatic carbocycles. The van der Waals surface area contributed by atoms with Crippen molar-refractivity contribution in [1.29, 1.82) is 0 Å². The van der Waals surface area contributed by atoms with E-state index in [0.717, 1.165) is 0 Å². The Morgan fingerprint density at radius 2 is 0.793 bits per heavy atom. The largest absolute Gasteiger partial charge is 0.382 e. The minimum absolute atomic E-state index is 0.0559. The van der Waals surface area contributed by atoms with Gasteiger partial charge in [0.2, 0.25) is 5.91 Å². The molecule has 0 saturated heterocycles. The van der Waals surface area contributed by atoms with E-state index in [0.29, 0.717) is 106 Å². The molecule has 29 heavy (non-hydrogen) atoms. The van der Waals surface area contributed by atoms with Crippen molar-refractivity contribution >= 4 is 5.91 Å². The molecule has 174 valence electrons. The predicted molar refractivity (Wildman–Crippen MR) is 106 cm³/mol. The van der Waals surface area contributed by atoms with E-state index < -0.39 is 0 Å². The van der Waals surface area contributed by atoms with E-state index >= 15 is 0 Å². The molecule has 0 unspecified atom stereocenters. The Hall–Kier alpha value is -0.850. The zero-order valence-electron chi connectivity index (χ0n) is 18.0. The van der Waals surface area contributed by atoms with Crippen LogP contribution in [0.2, 0.25) is 0 Å². The number of hydrogen-bond acceptors (Lipinski definition) is 9. The van der Waals surface area contributed by atoms with Crippen molar-refractivity contribution in [2.45, 2.75) is 6.92 Å². The zero-order chi connectivity index (χ0) is 21.3. The predicted octanol–water partition coefficient (Wildman–Crippen LogP) is -0.115. The highest BCUT2D eigenvalue weighted by Gasteiger charge is 1.95. The minimum atomic E-state index is -0.0559. The first-order valence-corrected chi connectivity index (χ1v) is 10.0. The molecule has 0 heterocycles. The second-order valence-electron chi connectivity index (χ2n) is 5.76. The molecule has 0 aliphatic rings. The van der Waals surface area contributed by atoms with Crippen LogP contribution in [-0.4, -0.2) is 119 Å². The molecule has 0 aromatic carbocycles. The minimum Gasteiger partial charge on any atom is -0.382 e. The molecule has 10 nitrogen and oxygen atoms in total. The number of nitrogens with one attached hydrogen (secondary N) is 1. The summed E-state index contributed by atoms with van der Waals surface area (Å²) in [6, 6.07) is 0. The van der Waals surface area contributed by atoms with Gasteiger partial charge in [0.25, 0.3) is 0 Å². The Morgan fingerprint density at radius 3 is 1.07 bits per heavy atom. The smallest absolute Gasteiger partial charge is 0.216 e. The maximum absolute atomic E-state index is 10.6. The second-order valence-corrected chi connectivity index (χ2v) is 5.76. The summed E-state index contributed by atoms with van der Waals surface area (Å²) in [4.78, 5) is 10.6. The van der Waals surface area contributed by atoms with E-state index in [4.69, 9.17) is 37.9 Å². The van der Waals surface area contributed by atoms with Crippen molar-refractivity contribution in [3.63, 3.8) is 0 Å². The third kappa shape index (κ3) is 27.1. The standard InChI is InChI=1S/C19H39NO9/c1-19(21)20-3-4-23-7-8-25-11-12-27-15-16-29-18-17-28-14-13-26-10-9-24-6-5-22-2/h3-18H2,1-2H3,(H,20,21). The summed E-state index contributed by atoms with van der Waals surface area (Å²) in [5.74, 6) is -0.0559. The number of amides is 1. The number of hydrogen-bond donors (Lipinski definition) is 1. The zero-order valence-corrected chi connectivity index (χ0v) is 18.0. The molecule has 0 bridgehead atoms. The molecular formula is C19H39NO9. The monoisotopic (exact) mass is 425 g/mol. The number of carbonyl (C=O) groups is 1. The third-order valence-corrected chi connectivity index (χ3v) is 3.28. The van der Waals surface area contributed by atoms with E-state index in [9.17, 15) is 4.79 Å². The molecule has 1 amide bonds. The van der Waals surface area contributed by atoms with Gasteiger partial charge in [-0.3, -0.25) is 4.79 Å². The summed E-state index contributed by atoms with van der Waals surface area (Å²) in [6.07, 6.45) is 0. The fourth-order valence-corrected chi connectivity index (χ4v) is 1.86. The van der Waals surface area contributed by atoms with Crippen LogP contribution in [0.1, 0.15) is 6.92 Å². The quantitative estimate of drug-likeness (QED) is 0.212. The summed E-state index contributed by atoms with van der Waals surface area (Å²) in [7, 11) is 1.64. The fraction of sp³-hybridized carbons (Fsp3) is 0.947. The van der Waals surface area contributed by atoms with Gasteiger partial charge in [0.15, 0.2) is 0 Å². The lowest BCUT2D eigenvalue weighted by Gasteiger charge is -2.08. The lowest BCUT2D eigenvalue weighted by Crippen LogP contribution is -2.25. The fourth-order valence-electron chi connectivity index (χ4n) is 1.86. The Labute approximate surface area is 174 Å². The van der Waals surface area contributed by atoms with Crippen LogP contribution < -0.4 is 5.32 Å². The van der Waals surface area contributed by atoms with Crippen molar-refractivity contribution < 1.29 is 42.7 Å². The van der Waals surface area contributed by atoms with Gasteiger partial charge in [0.1, 0.15) is 0 Å². The Balaban J connectivity index is 2.99. The lowest BCUT2D eigenvalue weighted by atomic mass is 10.6. The summed E-state index contributed by atoms with van der Waals surface area (Å²) in [5.41, 5.74) is 0. The first-order chi connectivity index (χ1) is 14.3. The van der Waals surface area contributed by atoms with Crippen molar-refractivity contribution in [3.05, 3.63) is 0 Å². The van der Waals surface area contributed by atoms with E-state index in [1.165, 1.54) is 6.92 Å². The molecular weight excluding hydrogens is 386 g/mol. The van der Waals surface area contributed by atoms with Crippen molar-refractivity contribution in [3.8, 4) is 0 Å².